The van der Waals surface area contributed by atoms with Crippen LogP contribution in [0, 0.1) is 11.3 Å². The maximum Gasteiger partial charge on any atom is 0.0657 e. The van der Waals surface area contributed by atoms with Crippen LogP contribution in [0.1, 0.15) is 71.9 Å². The van der Waals surface area contributed by atoms with Crippen molar-refractivity contribution in [2.75, 3.05) is 13.2 Å². The summed E-state index contributed by atoms with van der Waals surface area (Å²) in [5.41, 5.74) is 1.84. The SMILES string of the molecule is CC[C@@]1(C)C[C@](CCN[C@H](C)c2ccccc2)(C(C)C)CCO1. The minimum Gasteiger partial charge on any atom is -0.375 e. The summed E-state index contributed by atoms with van der Waals surface area (Å²) in [6, 6.07) is 11.1. The lowest BCUT2D eigenvalue weighted by Crippen LogP contribution is -2.46. The minimum atomic E-state index is 0.0631. The Kier molecular flexibility index (Phi) is 6.27. The first-order valence-corrected chi connectivity index (χ1v) is 9.33. The molecule has 1 aromatic rings. The molecule has 0 radical (unpaired) electrons. The van der Waals surface area contributed by atoms with Crippen molar-refractivity contribution in [1.82, 2.24) is 5.32 Å². The minimum absolute atomic E-state index is 0.0631. The van der Waals surface area contributed by atoms with Crippen molar-refractivity contribution in [3.8, 4) is 0 Å². The van der Waals surface area contributed by atoms with Gasteiger partial charge in [0.05, 0.1) is 5.60 Å². The van der Waals surface area contributed by atoms with Gasteiger partial charge in [-0.3, -0.25) is 0 Å². The van der Waals surface area contributed by atoms with Crippen LogP contribution in [0.25, 0.3) is 0 Å². The van der Waals surface area contributed by atoms with Gasteiger partial charge in [0.15, 0.2) is 0 Å². The van der Waals surface area contributed by atoms with E-state index in [0.717, 1.165) is 19.6 Å². The van der Waals surface area contributed by atoms with Gasteiger partial charge < -0.3 is 10.1 Å². The highest BCUT2D eigenvalue weighted by Crippen LogP contribution is 2.47. The number of hydrogen-bond donors (Lipinski definition) is 1. The molecule has 23 heavy (non-hydrogen) atoms. The third-order valence-corrected chi connectivity index (χ3v) is 6.12. The molecule has 1 saturated heterocycles. The zero-order valence-corrected chi connectivity index (χ0v) is 15.7. The smallest absolute Gasteiger partial charge is 0.0657 e. The molecule has 0 aliphatic carbocycles. The molecule has 2 nitrogen and oxygen atoms in total. The highest BCUT2D eigenvalue weighted by molar-refractivity contribution is 5.18. The van der Waals surface area contributed by atoms with E-state index < -0.39 is 0 Å². The summed E-state index contributed by atoms with van der Waals surface area (Å²) in [7, 11) is 0. The van der Waals surface area contributed by atoms with Gasteiger partial charge in [-0.05, 0) is 63.0 Å². The maximum absolute atomic E-state index is 6.10. The number of nitrogens with one attached hydrogen (secondary N) is 1. The monoisotopic (exact) mass is 317 g/mol. The number of rotatable bonds is 7. The van der Waals surface area contributed by atoms with E-state index >= 15 is 0 Å². The van der Waals surface area contributed by atoms with Gasteiger partial charge in [-0.15, -0.1) is 0 Å². The van der Waals surface area contributed by atoms with Crippen LogP contribution in [-0.2, 0) is 4.74 Å². The summed E-state index contributed by atoms with van der Waals surface area (Å²) in [5.74, 6) is 0.700. The standard InChI is InChI=1S/C21H35NO/c1-6-20(5)16-21(17(2)3,13-15-23-20)12-14-22-18(4)19-10-8-7-9-11-19/h7-11,17-18,22H,6,12-16H2,1-5H3/t18-,20+,21-/m1/s1. The van der Waals surface area contributed by atoms with E-state index in [2.05, 4.69) is 70.3 Å². The summed E-state index contributed by atoms with van der Waals surface area (Å²) in [5, 5.41) is 3.73. The number of ether oxygens (including phenoxy) is 1. The van der Waals surface area contributed by atoms with Gasteiger partial charge in [-0.2, -0.15) is 0 Å². The Balaban J connectivity index is 1.95. The van der Waals surface area contributed by atoms with Crippen molar-refractivity contribution in [3.63, 3.8) is 0 Å². The average molecular weight is 318 g/mol. The molecule has 2 heteroatoms. The van der Waals surface area contributed by atoms with Crippen molar-refractivity contribution < 1.29 is 4.74 Å². The van der Waals surface area contributed by atoms with E-state index in [1.807, 2.05) is 0 Å². The lowest BCUT2D eigenvalue weighted by atomic mass is 9.64. The fourth-order valence-electron chi connectivity index (χ4n) is 4.00. The molecule has 0 amide bonds. The van der Waals surface area contributed by atoms with Crippen LogP contribution in [0.5, 0.6) is 0 Å². The van der Waals surface area contributed by atoms with Crippen molar-refractivity contribution in [1.29, 1.82) is 0 Å². The zero-order chi connectivity index (χ0) is 16.9. The largest absolute Gasteiger partial charge is 0.375 e. The van der Waals surface area contributed by atoms with Gasteiger partial charge in [0.25, 0.3) is 0 Å². The van der Waals surface area contributed by atoms with Gasteiger partial charge in [-0.25, -0.2) is 0 Å². The molecule has 1 N–H and O–H groups in total. The van der Waals surface area contributed by atoms with Gasteiger partial charge >= 0.3 is 0 Å². The molecule has 2 rings (SSSR count). The van der Waals surface area contributed by atoms with Crippen molar-refractivity contribution >= 4 is 0 Å². The van der Waals surface area contributed by atoms with Crippen LogP contribution >= 0.6 is 0 Å². The molecule has 1 fully saturated rings. The van der Waals surface area contributed by atoms with E-state index in [-0.39, 0.29) is 5.60 Å². The second-order valence-corrected chi connectivity index (χ2v) is 7.93. The van der Waals surface area contributed by atoms with Crippen molar-refractivity contribution in [2.24, 2.45) is 11.3 Å². The highest BCUT2D eigenvalue weighted by Gasteiger charge is 2.43. The summed E-state index contributed by atoms with van der Waals surface area (Å²) in [6.45, 7) is 13.6. The first-order valence-electron chi connectivity index (χ1n) is 9.33. The average Bonchev–Trinajstić information content (AvgIpc) is 2.55. The Morgan fingerprint density at radius 1 is 1.17 bits per heavy atom. The van der Waals surface area contributed by atoms with E-state index in [0.29, 0.717) is 17.4 Å². The van der Waals surface area contributed by atoms with E-state index in [4.69, 9.17) is 4.74 Å². The first-order chi connectivity index (χ1) is 10.9. The van der Waals surface area contributed by atoms with Crippen LogP contribution in [0.4, 0.5) is 0 Å². The lowest BCUT2D eigenvalue weighted by Gasteiger charge is -2.49. The third kappa shape index (κ3) is 4.58. The summed E-state index contributed by atoms with van der Waals surface area (Å²) >= 11 is 0. The lowest BCUT2D eigenvalue weighted by molar-refractivity contribution is -0.132. The molecule has 1 aliphatic rings. The fourth-order valence-corrected chi connectivity index (χ4v) is 4.00. The van der Waals surface area contributed by atoms with Crippen LogP contribution in [0.2, 0.25) is 0 Å². The van der Waals surface area contributed by atoms with Gasteiger partial charge in [0, 0.05) is 12.6 Å². The number of hydrogen-bond acceptors (Lipinski definition) is 2. The Labute approximate surface area is 143 Å². The normalized spacial score (nSPS) is 29.7. The Morgan fingerprint density at radius 2 is 1.87 bits per heavy atom. The van der Waals surface area contributed by atoms with Crippen LogP contribution in [0.15, 0.2) is 30.3 Å². The van der Waals surface area contributed by atoms with Crippen LogP contribution in [0.3, 0.4) is 0 Å². The number of benzene rings is 1. The summed E-state index contributed by atoms with van der Waals surface area (Å²) < 4.78 is 6.10. The molecular formula is C21H35NO. The summed E-state index contributed by atoms with van der Waals surface area (Å²) in [4.78, 5) is 0. The fraction of sp³-hybridized carbons (Fsp3) is 0.714. The quantitative estimate of drug-likeness (QED) is 0.732. The highest BCUT2D eigenvalue weighted by atomic mass is 16.5. The van der Waals surface area contributed by atoms with Crippen LogP contribution < -0.4 is 5.32 Å². The molecule has 0 bridgehead atoms. The van der Waals surface area contributed by atoms with Gasteiger partial charge in [-0.1, -0.05) is 51.1 Å². The predicted octanol–water partition coefficient (Wildman–Crippen LogP) is 5.35. The van der Waals surface area contributed by atoms with Gasteiger partial charge in [0.2, 0.25) is 0 Å². The molecule has 3 atom stereocenters. The molecule has 130 valence electrons. The van der Waals surface area contributed by atoms with Crippen molar-refractivity contribution in [2.45, 2.75) is 71.9 Å². The van der Waals surface area contributed by atoms with E-state index in [9.17, 15) is 0 Å². The zero-order valence-electron chi connectivity index (χ0n) is 15.7. The molecule has 1 aliphatic heterocycles. The summed E-state index contributed by atoms with van der Waals surface area (Å²) in [6.07, 6.45) is 4.73. The molecule has 0 spiro atoms. The first kappa shape index (κ1) is 18.5. The molecule has 0 saturated carbocycles. The molecule has 1 aromatic carbocycles. The van der Waals surface area contributed by atoms with Gasteiger partial charge in [0.1, 0.15) is 0 Å². The van der Waals surface area contributed by atoms with E-state index in [1.165, 1.54) is 24.8 Å². The van der Waals surface area contributed by atoms with Crippen molar-refractivity contribution in [3.05, 3.63) is 35.9 Å². The second-order valence-electron chi connectivity index (χ2n) is 7.93. The Bertz CT molecular complexity index is 472. The second kappa shape index (κ2) is 7.81. The third-order valence-electron chi connectivity index (χ3n) is 6.12. The molecule has 0 aromatic heterocycles. The topological polar surface area (TPSA) is 21.3 Å². The Hall–Kier alpha value is -0.860. The van der Waals surface area contributed by atoms with E-state index in [1.54, 1.807) is 0 Å². The predicted molar refractivity (Wildman–Crippen MR) is 98.6 cm³/mol. The maximum atomic E-state index is 6.10. The Morgan fingerprint density at radius 3 is 2.48 bits per heavy atom. The molecular weight excluding hydrogens is 282 g/mol. The van der Waals surface area contributed by atoms with Crippen LogP contribution in [-0.4, -0.2) is 18.8 Å². The molecule has 1 heterocycles. The molecule has 0 unspecified atom stereocenters.